The Hall–Kier alpha value is -1.75. The first-order chi connectivity index (χ1) is 9.52. The molecule has 5 nitrogen and oxygen atoms in total. The molecular weight excluding hydrogens is 282 g/mol. The molecule has 1 aliphatic carbocycles. The number of methoxy groups -OCH3 is 1. The fourth-order valence-electron chi connectivity index (χ4n) is 2.55. The Bertz CT molecular complexity index is 532. The zero-order valence-electron chi connectivity index (χ0n) is 11.1. The number of hydrogen-bond acceptors (Lipinski definition) is 3. The van der Waals surface area contributed by atoms with Gasteiger partial charge in [-0.15, -0.1) is 0 Å². The first kappa shape index (κ1) is 14.7. The third-order valence-corrected chi connectivity index (χ3v) is 3.88. The average Bonchev–Trinajstić information content (AvgIpc) is 2.88. The van der Waals surface area contributed by atoms with Crippen LogP contribution in [-0.2, 0) is 9.59 Å². The summed E-state index contributed by atoms with van der Waals surface area (Å²) >= 11 is 5.98. The summed E-state index contributed by atoms with van der Waals surface area (Å²) in [5, 5.41) is 12.2. The Morgan fingerprint density at radius 3 is 2.65 bits per heavy atom. The predicted octanol–water partition coefficient (Wildman–Crippen LogP) is 2.79. The molecule has 0 heterocycles. The highest BCUT2D eigenvalue weighted by Gasteiger charge is 2.37. The van der Waals surface area contributed by atoms with Gasteiger partial charge in [0.15, 0.2) is 0 Å². The van der Waals surface area contributed by atoms with Gasteiger partial charge >= 0.3 is 5.97 Å². The van der Waals surface area contributed by atoms with Crippen LogP contribution in [0.15, 0.2) is 18.2 Å². The molecule has 2 rings (SSSR count). The molecule has 1 saturated carbocycles. The minimum atomic E-state index is -0.907. The predicted molar refractivity (Wildman–Crippen MR) is 75.1 cm³/mol. The maximum atomic E-state index is 12.1. The lowest BCUT2D eigenvalue weighted by molar-refractivity contribution is -0.145. The van der Waals surface area contributed by atoms with Crippen LogP contribution in [0.4, 0.5) is 5.69 Å². The zero-order chi connectivity index (χ0) is 14.7. The molecular formula is C14H16ClNO4. The number of benzene rings is 1. The lowest BCUT2D eigenvalue weighted by atomic mass is 9.95. The summed E-state index contributed by atoms with van der Waals surface area (Å²) < 4.78 is 5.03. The van der Waals surface area contributed by atoms with Gasteiger partial charge in [0.05, 0.1) is 24.0 Å². The molecule has 1 aliphatic rings. The van der Waals surface area contributed by atoms with Gasteiger partial charge in [-0.2, -0.15) is 0 Å². The fraction of sp³-hybridized carbons (Fsp3) is 0.429. The summed E-state index contributed by atoms with van der Waals surface area (Å²) in [7, 11) is 1.51. The molecule has 1 amide bonds. The zero-order valence-corrected chi connectivity index (χ0v) is 11.8. The molecule has 2 N–H and O–H groups in total. The highest BCUT2D eigenvalue weighted by Crippen LogP contribution is 2.33. The van der Waals surface area contributed by atoms with Crippen LogP contribution in [0.5, 0.6) is 5.75 Å². The minimum Gasteiger partial charge on any atom is -0.495 e. The SMILES string of the molecule is COc1ccc(NC(=O)C2CCCC2C(=O)O)cc1Cl. The van der Waals surface area contributed by atoms with Gasteiger partial charge in [-0.05, 0) is 31.0 Å². The number of hydrogen-bond donors (Lipinski definition) is 2. The van der Waals surface area contributed by atoms with Crippen LogP contribution in [-0.4, -0.2) is 24.1 Å². The summed E-state index contributed by atoms with van der Waals surface area (Å²) in [6.07, 6.45) is 1.92. The van der Waals surface area contributed by atoms with Crippen molar-refractivity contribution in [1.29, 1.82) is 0 Å². The van der Waals surface area contributed by atoms with Gasteiger partial charge in [-0.3, -0.25) is 9.59 Å². The van der Waals surface area contributed by atoms with Gasteiger partial charge in [-0.1, -0.05) is 18.0 Å². The maximum Gasteiger partial charge on any atom is 0.307 e. The Morgan fingerprint density at radius 2 is 2.05 bits per heavy atom. The summed E-state index contributed by atoms with van der Waals surface area (Å²) in [5.41, 5.74) is 0.539. The Balaban J connectivity index is 2.08. The van der Waals surface area contributed by atoms with E-state index in [9.17, 15) is 9.59 Å². The van der Waals surface area contributed by atoms with Crippen molar-refractivity contribution in [1.82, 2.24) is 0 Å². The average molecular weight is 298 g/mol. The van der Waals surface area contributed by atoms with Crippen molar-refractivity contribution < 1.29 is 19.4 Å². The molecule has 0 saturated heterocycles. The van der Waals surface area contributed by atoms with Crippen molar-refractivity contribution in [2.75, 3.05) is 12.4 Å². The van der Waals surface area contributed by atoms with Crippen LogP contribution < -0.4 is 10.1 Å². The second-order valence-corrected chi connectivity index (χ2v) is 5.23. The van der Waals surface area contributed by atoms with E-state index >= 15 is 0 Å². The number of aliphatic carboxylic acids is 1. The monoisotopic (exact) mass is 297 g/mol. The van der Waals surface area contributed by atoms with Gasteiger partial charge in [-0.25, -0.2) is 0 Å². The van der Waals surface area contributed by atoms with Crippen LogP contribution in [0.2, 0.25) is 5.02 Å². The van der Waals surface area contributed by atoms with Crippen LogP contribution >= 0.6 is 11.6 Å². The van der Waals surface area contributed by atoms with Gasteiger partial charge in [0, 0.05) is 5.69 Å². The van der Waals surface area contributed by atoms with E-state index in [4.69, 9.17) is 21.4 Å². The summed E-state index contributed by atoms with van der Waals surface area (Å²) in [4.78, 5) is 23.2. The molecule has 6 heteroatoms. The number of anilines is 1. The van der Waals surface area contributed by atoms with E-state index in [1.54, 1.807) is 18.2 Å². The molecule has 20 heavy (non-hydrogen) atoms. The van der Waals surface area contributed by atoms with Crippen molar-refractivity contribution in [2.45, 2.75) is 19.3 Å². The van der Waals surface area contributed by atoms with E-state index in [0.29, 0.717) is 29.3 Å². The van der Waals surface area contributed by atoms with Crippen molar-refractivity contribution in [3.63, 3.8) is 0 Å². The second kappa shape index (κ2) is 6.13. The van der Waals surface area contributed by atoms with E-state index in [1.807, 2.05) is 0 Å². The molecule has 2 atom stereocenters. The number of halogens is 1. The van der Waals surface area contributed by atoms with Gasteiger partial charge < -0.3 is 15.2 Å². The number of carbonyl (C=O) groups excluding carboxylic acids is 1. The van der Waals surface area contributed by atoms with Crippen molar-refractivity contribution >= 4 is 29.2 Å². The first-order valence-corrected chi connectivity index (χ1v) is 6.78. The van der Waals surface area contributed by atoms with Crippen LogP contribution in [0.25, 0.3) is 0 Å². The maximum absolute atomic E-state index is 12.1. The number of amides is 1. The molecule has 0 radical (unpaired) electrons. The second-order valence-electron chi connectivity index (χ2n) is 4.82. The number of nitrogens with one attached hydrogen (secondary N) is 1. The topological polar surface area (TPSA) is 75.6 Å². The summed E-state index contributed by atoms with van der Waals surface area (Å²) in [6, 6.07) is 4.91. The van der Waals surface area contributed by atoms with Crippen molar-refractivity contribution in [3.05, 3.63) is 23.2 Å². The molecule has 0 aromatic heterocycles. The molecule has 0 bridgehead atoms. The molecule has 1 aromatic rings. The van der Waals surface area contributed by atoms with Crippen LogP contribution in [0, 0.1) is 11.8 Å². The minimum absolute atomic E-state index is 0.267. The first-order valence-electron chi connectivity index (χ1n) is 6.40. The summed E-state index contributed by atoms with van der Waals surface area (Å²) in [5.74, 6) is -1.72. The molecule has 108 valence electrons. The van der Waals surface area contributed by atoms with Crippen LogP contribution in [0.1, 0.15) is 19.3 Å². The molecule has 1 aromatic carbocycles. The quantitative estimate of drug-likeness (QED) is 0.896. The Kier molecular flexibility index (Phi) is 4.49. The lowest BCUT2D eigenvalue weighted by Crippen LogP contribution is -2.29. The van der Waals surface area contributed by atoms with Gasteiger partial charge in [0.2, 0.25) is 5.91 Å². The fourth-order valence-corrected chi connectivity index (χ4v) is 2.81. The standard InChI is InChI=1S/C14H16ClNO4/c1-20-12-6-5-8(7-11(12)15)16-13(17)9-3-2-4-10(9)14(18)19/h5-7,9-10H,2-4H2,1H3,(H,16,17)(H,18,19). The lowest BCUT2D eigenvalue weighted by Gasteiger charge is -2.16. The van der Waals surface area contributed by atoms with E-state index in [1.165, 1.54) is 7.11 Å². The highest BCUT2D eigenvalue weighted by molar-refractivity contribution is 6.32. The number of carboxylic acids is 1. The Morgan fingerprint density at radius 1 is 1.35 bits per heavy atom. The molecule has 1 fully saturated rings. The Labute approximate surface area is 121 Å². The third kappa shape index (κ3) is 3.04. The smallest absolute Gasteiger partial charge is 0.307 e. The molecule has 2 unspecified atom stereocenters. The summed E-state index contributed by atoms with van der Waals surface area (Å²) in [6.45, 7) is 0. The highest BCUT2D eigenvalue weighted by atomic mass is 35.5. The number of carbonyl (C=O) groups is 2. The van der Waals surface area contributed by atoms with Crippen molar-refractivity contribution in [3.8, 4) is 5.75 Å². The van der Waals surface area contributed by atoms with Crippen LogP contribution in [0.3, 0.4) is 0 Å². The van der Waals surface area contributed by atoms with Gasteiger partial charge in [0.25, 0.3) is 0 Å². The third-order valence-electron chi connectivity index (χ3n) is 3.59. The number of rotatable bonds is 4. The van der Waals surface area contributed by atoms with E-state index in [0.717, 1.165) is 6.42 Å². The number of ether oxygens (including phenoxy) is 1. The molecule has 0 spiro atoms. The van der Waals surface area contributed by atoms with E-state index in [-0.39, 0.29) is 5.91 Å². The normalized spacial score (nSPS) is 21.5. The largest absolute Gasteiger partial charge is 0.495 e. The molecule has 0 aliphatic heterocycles. The number of carboxylic acid groups (broad SMARTS) is 1. The van der Waals surface area contributed by atoms with Gasteiger partial charge in [0.1, 0.15) is 5.75 Å². The van der Waals surface area contributed by atoms with E-state index in [2.05, 4.69) is 5.32 Å². The van der Waals surface area contributed by atoms with Crippen molar-refractivity contribution in [2.24, 2.45) is 11.8 Å². The van der Waals surface area contributed by atoms with E-state index < -0.39 is 17.8 Å².